The van der Waals surface area contributed by atoms with Crippen molar-refractivity contribution in [2.45, 2.75) is 0 Å². The zero-order chi connectivity index (χ0) is 14.5. The van der Waals surface area contributed by atoms with Gasteiger partial charge in [0, 0.05) is 11.6 Å². The number of carbonyl (C=O) groups excluding carboxylic acids is 1. The van der Waals surface area contributed by atoms with E-state index in [2.05, 4.69) is 5.32 Å². The Kier molecular flexibility index (Phi) is 3.72. The van der Waals surface area contributed by atoms with E-state index in [4.69, 9.17) is 5.26 Å². The third-order valence-corrected chi connectivity index (χ3v) is 2.63. The van der Waals surface area contributed by atoms with Crippen molar-refractivity contribution >= 4 is 17.3 Å². The molecule has 0 saturated heterocycles. The van der Waals surface area contributed by atoms with Gasteiger partial charge in [0.1, 0.15) is 5.69 Å². The summed E-state index contributed by atoms with van der Waals surface area (Å²) in [5.74, 6) is -0.469. The molecule has 2 aromatic rings. The van der Waals surface area contributed by atoms with Crippen LogP contribution in [0.3, 0.4) is 0 Å². The van der Waals surface area contributed by atoms with Crippen LogP contribution in [-0.2, 0) is 0 Å². The van der Waals surface area contributed by atoms with Gasteiger partial charge < -0.3 is 5.32 Å². The Morgan fingerprint density at radius 1 is 1.15 bits per heavy atom. The Morgan fingerprint density at radius 3 is 2.40 bits per heavy atom. The number of nitrogens with one attached hydrogen (secondary N) is 1. The molecule has 0 aliphatic heterocycles. The monoisotopic (exact) mass is 267 g/mol. The van der Waals surface area contributed by atoms with Gasteiger partial charge >= 0.3 is 0 Å². The molecule has 6 heteroatoms. The maximum atomic E-state index is 12.0. The number of nitro groups is 1. The van der Waals surface area contributed by atoms with Crippen LogP contribution in [0.1, 0.15) is 15.9 Å². The number of hydrogen-bond acceptors (Lipinski definition) is 4. The number of anilines is 1. The largest absolute Gasteiger partial charge is 0.316 e. The molecule has 0 fully saturated rings. The number of hydrogen-bond donors (Lipinski definition) is 1. The summed E-state index contributed by atoms with van der Waals surface area (Å²) in [6.07, 6.45) is 0. The Bertz CT molecular complexity index is 702. The van der Waals surface area contributed by atoms with E-state index in [1.54, 1.807) is 6.07 Å². The molecule has 0 radical (unpaired) electrons. The molecule has 0 heterocycles. The second-order valence-electron chi connectivity index (χ2n) is 3.92. The third-order valence-electron chi connectivity index (χ3n) is 2.63. The SMILES string of the molecule is N#Cc1ccc(C(=O)Nc2ccccc2[N+](=O)[O-])cc1. The van der Waals surface area contributed by atoms with Crippen molar-refractivity contribution < 1.29 is 9.72 Å². The smallest absolute Gasteiger partial charge is 0.292 e. The first kappa shape index (κ1) is 13.2. The number of benzene rings is 2. The normalized spacial score (nSPS) is 9.55. The van der Waals surface area contributed by atoms with Crippen molar-refractivity contribution in [2.24, 2.45) is 0 Å². The maximum Gasteiger partial charge on any atom is 0.292 e. The second kappa shape index (κ2) is 5.63. The summed E-state index contributed by atoms with van der Waals surface area (Å²) < 4.78 is 0. The highest BCUT2D eigenvalue weighted by Gasteiger charge is 2.15. The molecule has 6 nitrogen and oxygen atoms in total. The minimum Gasteiger partial charge on any atom is -0.316 e. The Hall–Kier alpha value is -3.20. The van der Waals surface area contributed by atoms with E-state index in [1.165, 1.54) is 42.5 Å². The van der Waals surface area contributed by atoms with Gasteiger partial charge in [-0.1, -0.05) is 12.1 Å². The fourth-order valence-corrected chi connectivity index (χ4v) is 1.63. The van der Waals surface area contributed by atoms with Crippen LogP contribution in [0, 0.1) is 21.4 Å². The molecule has 98 valence electrons. The van der Waals surface area contributed by atoms with Crippen LogP contribution in [0.2, 0.25) is 0 Å². The summed E-state index contributed by atoms with van der Waals surface area (Å²) in [5, 5.41) is 22.0. The van der Waals surface area contributed by atoms with Gasteiger partial charge in [-0.05, 0) is 30.3 Å². The standard InChI is InChI=1S/C14H9N3O3/c15-9-10-5-7-11(8-6-10)14(18)16-12-3-1-2-4-13(12)17(19)20/h1-8H,(H,16,18). The van der Waals surface area contributed by atoms with Crippen molar-refractivity contribution in [3.63, 3.8) is 0 Å². The maximum absolute atomic E-state index is 12.0. The van der Waals surface area contributed by atoms with Crippen molar-refractivity contribution in [3.05, 3.63) is 69.8 Å². The van der Waals surface area contributed by atoms with E-state index < -0.39 is 10.8 Å². The van der Waals surface area contributed by atoms with Crippen LogP contribution < -0.4 is 5.32 Å². The predicted octanol–water partition coefficient (Wildman–Crippen LogP) is 2.72. The van der Waals surface area contributed by atoms with Gasteiger partial charge in [-0.2, -0.15) is 5.26 Å². The van der Waals surface area contributed by atoms with E-state index >= 15 is 0 Å². The van der Waals surface area contributed by atoms with Crippen molar-refractivity contribution in [2.75, 3.05) is 5.32 Å². The molecule has 0 aliphatic carbocycles. The first-order chi connectivity index (χ1) is 9.61. The number of nitrogens with zero attached hydrogens (tertiary/aromatic N) is 2. The van der Waals surface area contributed by atoms with E-state index in [-0.39, 0.29) is 11.4 Å². The molecule has 2 aromatic carbocycles. The lowest BCUT2D eigenvalue weighted by Gasteiger charge is -2.05. The van der Waals surface area contributed by atoms with Crippen molar-refractivity contribution in [3.8, 4) is 6.07 Å². The lowest BCUT2D eigenvalue weighted by molar-refractivity contribution is -0.383. The van der Waals surface area contributed by atoms with Crippen LogP contribution in [0.15, 0.2) is 48.5 Å². The number of para-hydroxylation sites is 2. The lowest BCUT2D eigenvalue weighted by Crippen LogP contribution is -2.13. The summed E-state index contributed by atoms with van der Waals surface area (Å²) in [7, 11) is 0. The molecule has 0 bridgehead atoms. The minimum absolute atomic E-state index is 0.131. The van der Waals surface area contributed by atoms with E-state index in [9.17, 15) is 14.9 Å². The third kappa shape index (κ3) is 2.79. The molecule has 0 unspecified atom stereocenters. The van der Waals surface area contributed by atoms with Crippen LogP contribution >= 0.6 is 0 Å². The summed E-state index contributed by atoms with van der Waals surface area (Å²) in [4.78, 5) is 22.3. The molecule has 1 N–H and O–H groups in total. The molecule has 0 saturated carbocycles. The second-order valence-corrected chi connectivity index (χ2v) is 3.92. The quantitative estimate of drug-likeness (QED) is 0.683. The van der Waals surface area contributed by atoms with Crippen molar-refractivity contribution in [1.29, 1.82) is 5.26 Å². The molecule has 0 atom stereocenters. The van der Waals surface area contributed by atoms with Gasteiger partial charge in [0.15, 0.2) is 0 Å². The summed E-state index contributed by atoms with van der Waals surface area (Å²) in [6.45, 7) is 0. The molecule has 2 rings (SSSR count). The van der Waals surface area contributed by atoms with Gasteiger partial charge in [-0.25, -0.2) is 0 Å². The van der Waals surface area contributed by atoms with Gasteiger partial charge in [0.25, 0.3) is 11.6 Å². The molecule has 0 aliphatic rings. The zero-order valence-electron chi connectivity index (χ0n) is 10.2. The fraction of sp³-hybridized carbons (Fsp3) is 0. The Labute approximate surface area is 114 Å². The predicted molar refractivity (Wildman–Crippen MR) is 72.2 cm³/mol. The van der Waals surface area contributed by atoms with Crippen LogP contribution in [-0.4, -0.2) is 10.8 Å². The average molecular weight is 267 g/mol. The van der Waals surface area contributed by atoms with Crippen molar-refractivity contribution in [1.82, 2.24) is 0 Å². The molecular formula is C14H9N3O3. The topological polar surface area (TPSA) is 96.0 Å². The molecule has 20 heavy (non-hydrogen) atoms. The highest BCUT2D eigenvalue weighted by molar-refractivity contribution is 6.05. The van der Waals surface area contributed by atoms with Gasteiger partial charge in [-0.15, -0.1) is 0 Å². The lowest BCUT2D eigenvalue weighted by atomic mass is 10.1. The fourth-order valence-electron chi connectivity index (χ4n) is 1.63. The van der Waals surface area contributed by atoms with Crippen LogP contribution in [0.5, 0.6) is 0 Å². The summed E-state index contributed by atoms with van der Waals surface area (Å²) in [6, 6.07) is 13.8. The summed E-state index contributed by atoms with van der Waals surface area (Å²) >= 11 is 0. The Morgan fingerprint density at radius 2 is 1.80 bits per heavy atom. The molecule has 0 spiro atoms. The zero-order valence-corrected chi connectivity index (χ0v) is 10.2. The average Bonchev–Trinajstić information content (AvgIpc) is 2.47. The highest BCUT2D eigenvalue weighted by atomic mass is 16.6. The van der Waals surface area contributed by atoms with E-state index in [0.29, 0.717) is 11.1 Å². The van der Waals surface area contributed by atoms with Gasteiger partial charge in [-0.3, -0.25) is 14.9 Å². The first-order valence-electron chi connectivity index (χ1n) is 5.67. The van der Waals surface area contributed by atoms with Crippen LogP contribution in [0.25, 0.3) is 0 Å². The molecule has 0 aromatic heterocycles. The van der Waals surface area contributed by atoms with Gasteiger partial charge in [0.2, 0.25) is 0 Å². The van der Waals surface area contributed by atoms with E-state index in [0.717, 1.165) is 0 Å². The summed E-state index contributed by atoms with van der Waals surface area (Å²) in [5.41, 5.74) is 0.718. The number of rotatable bonds is 3. The van der Waals surface area contributed by atoms with E-state index in [1.807, 2.05) is 6.07 Å². The molecular weight excluding hydrogens is 258 g/mol. The number of carbonyl (C=O) groups is 1. The molecule has 1 amide bonds. The number of nitriles is 1. The highest BCUT2D eigenvalue weighted by Crippen LogP contribution is 2.23. The van der Waals surface area contributed by atoms with Gasteiger partial charge in [0.05, 0.1) is 16.6 Å². The number of nitro benzene ring substituents is 1. The number of amides is 1. The first-order valence-corrected chi connectivity index (χ1v) is 5.67. The Balaban J connectivity index is 2.23. The minimum atomic E-state index is -0.561. The van der Waals surface area contributed by atoms with Crippen LogP contribution in [0.4, 0.5) is 11.4 Å².